The average molecular weight is 265 g/mol. The van der Waals surface area contributed by atoms with E-state index in [1.54, 1.807) is 6.07 Å². The van der Waals surface area contributed by atoms with Crippen molar-refractivity contribution in [1.29, 1.82) is 0 Å². The number of benzene rings is 2. The summed E-state index contributed by atoms with van der Waals surface area (Å²) >= 11 is 5.79. The van der Waals surface area contributed by atoms with Gasteiger partial charge in [-0.2, -0.15) is 0 Å². The van der Waals surface area contributed by atoms with Crippen LogP contribution in [0.3, 0.4) is 0 Å². The zero-order chi connectivity index (χ0) is 13.1. The molecule has 2 aromatic rings. The zero-order valence-electron chi connectivity index (χ0n) is 10.0. The predicted octanol–water partition coefficient (Wildman–Crippen LogP) is 4.12. The van der Waals surface area contributed by atoms with Gasteiger partial charge in [0.2, 0.25) is 0 Å². The van der Waals surface area contributed by atoms with E-state index in [1.165, 1.54) is 12.1 Å². The number of hydrogen-bond acceptors (Lipinski definition) is 1. The summed E-state index contributed by atoms with van der Waals surface area (Å²) in [6.07, 6.45) is 0.0366. The Hall–Kier alpha value is -1.38. The highest BCUT2D eigenvalue weighted by Gasteiger charge is 2.12. The van der Waals surface area contributed by atoms with E-state index in [0.29, 0.717) is 5.56 Å². The fourth-order valence-electron chi connectivity index (χ4n) is 1.91. The second-order valence-electron chi connectivity index (χ2n) is 4.20. The van der Waals surface area contributed by atoms with Crippen LogP contribution in [0.2, 0.25) is 5.02 Å². The van der Waals surface area contributed by atoms with Crippen LogP contribution in [0, 0.1) is 5.82 Å². The third-order valence-corrected chi connectivity index (χ3v) is 3.09. The van der Waals surface area contributed by atoms with Crippen molar-refractivity contribution < 1.29 is 9.50 Å². The molecule has 0 spiro atoms. The fraction of sp³-hybridized carbons (Fsp3) is 0.200. The van der Waals surface area contributed by atoms with E-state index in [2.05, 4.69) is 0 Å². The zero-order valence-corrected chi connectivity index (χ0v) is 10.8. The Kier molecular flexibility index (Phi) is 4.00. The molecule has 1 nitrogen and oxygen atoms in total. The molecule has 3 heteroatoms. The van der Waals surface area contributed by atoms with Crippen molar-refractivity contribution in [1.82, 2.24) is 0 Å². The van der Waals surface area contributed by atoms with Gasteiger partial charge in [0.1, 0.15) is 11.9 Å². The van der Waals surface area contributed by atoms with Gasteiger partial charge < -0.3 is 5.11 Å². The quantitative estimate of drug-likeness (QED) is 0.884. The minimum Gasteiger partial charge on any atom is -0.384 e. The van der Waals surface area contributed by atoms with Gasteiger partial charge in [0.25, 0.3) is 0 Å². The van der Waals surface area contributed by atoms with Crippen LogP contribution in [0.4, 0.5) is 4.39 Å². The molecule has 0 aliphatic rings. The summed E-state index contributed by atoms with van der Waals surface area (Å²) in [5.41, 5.74) is 2.35. The Morgan fingerprint density at radius 1 is 1.17 bits per heavy atom. The highest BCUT2D eigenvalue weighted by atomic mass is 35.5. The molecule has 0 fully saturated rings. The summed E-state index contributed by atoms with van der Waals surface area (Å²) in [5.74, 6) is -0.441. The molecule has 0 saturated heterocycles. The van der Waals surface area contributed by atoms with Crippen molar-refractivity contribution >= 4 is 11.6 Å². The van der Waals surface area contributed by atoms with Crippen LogP contribution >= 0.6 is 11.6 Å². The normalized spacial score (nSPS) is 12.4. The van der Waals surface area contributed by atoms with Crippen molar-refractivity contribution in [3.8, 4) is 0 Å². The van der Waals surface area contributed by atoms with E-state index >= 15 is 0 Å². The Bertz CT molecular complexity index is 534. The molecule has 2 aromatic carbocycles. The largest absolute Gasteiger partial charge is 0.384 e. The maximum atomic E-state index is 13.3. The van der Waals surface area contributed by atoms with E-state index in [-0.39, 0.29) is 5.02 Å². The maximum absolute atomic E-state index is 13.3. The molecule has 0 radical (unpaired) electrons. The van der Waals surface area contributed by atoms with Crippen molar-refractivity contribution in [3.63, 3.8) is 0 Å². The fourth-order valence-corrected chi connectivity index (χ4v) is 2.14. The van der Waals surface area contributed by atoms with Crippen LogP contribution in [0.5, 0.6) is 0 Å². The Balaban J connectivity index is 2.37. The van der Waals surface area contributed by atoms with Gasteiger partial charge in [-0.3, -0.25) is 0 Å². The molecule has 0 amide bonds. The predicted molar refractivity (Wildman–Crippen MR) is 71.3 cm³/mol. The van der Waals surface area contributed by atoms with Gasteiger partial charge >= 0.3 is 0 Å². The summed E-state index contributed by atoms with van der Waals surface area (Å²) in [5, 5.41) is 10.5. The summed E-state index contributed by atoms with van der Waals surface area (Å²) in [6, 6.07) is 11.7. The average Bonchev–Trinajstić information content (AvgIpc) is 2.37. The molecular formula is C15H14ClFO. The van der Waals surface area contributed by atoms with Gasteiger partial charge in [-0.25, -0.2) is 4.39 Å². The molecule has 0 saturated carbocycles. The van der Waals surface area contributed by atoms with Gasteiger partial charge in [-0.1, -0.05) is 42.8 Å². The summed E-state index contributed by atoms with van der Waals surface area (Å²) in [7, 11) is 0. The van der Waals surface area contributed by atoms with E-state index < -0.39 is 11.9 Å². The smallest absolute Gasteiger partial charge is 0.125 e. The first kappa shape index (κ1) is 13.1. The first-order chi connectivity index (χ1) is 8.60. The first-order valence-electron chi connectivity index (χ1n) is 5.83. The molecule has 1 N–H and O–H groups in total. The molecule has 18 heavy (non-hydrogen) atoms. The van der Waals surface area contributed by atoms with Crippen molar-refractivity contribution in [2.75, 3.05) is 0 Å². The van der Waals surface area contributed by atoms with E-state index in [4.69, 9.17) is 11.6 Å². The molecule has 1 atom stereocenters. The van der Waals surface area contributed by atoms with Crippen LogP contribution in [-0.2, 0) is 6.42 Å². The van der Waals surface area contributed by atoms with Crippen LogP contribution in [-0.4, -0.2) is 5.11 Å². The molecule has 0 heterocycles. The van der Waals surface area contributed by atoms with Gasteiger partial charge in [0.15, 0.2) is 0 Å². The summed E-state index contributed by atoms with van der Waals surface area (Å²) in [4.78, 5) is 0. The number of hydrogen-bond donors (Lipinski definition) is 1. The SMILES string of the molecule is CCc1cccc(C(O)c2cc(F)cc(Cl)c2)c1. The maximum Gasteiger partial charge on any atom is 0.125 e. The van der Waals surface area contributed by atoms with Crippen molar-refractivity contribution in [3.05, 3.63) is 70.0 Å². The molecule has 0 bridgehead atoms. The molecule has 0 aromatic heterocycles. The minimum absolute atomic E-state index is 0.288. The van der Waals surface area contributed by atoms with Crippen molar-refractivity contribution in [2.45, 2.75) is 19.4 Å². The number of aliphatic hydroxyl groups is 1. The second-order valence-corrected chi connectivity index (χ2v) is 4.64. The van der Waals surface area contributed by atoms with E-state index in [9.17, 15) is 9.50 Å². The Morgan fingerprint density at radius 2 is 1.94 bits per heavy atom. The summed E-state index contributed by atoms with van der Waals surface area (Å²) < 4.78 is 13.3. The standard InChI is InChI=1S/C15H14ClFO/c1-2-10-4-3-5-11(6-10)15(18)12-7-13(16)9-14(17)8-12/h3-9,15,18H,2H2,1H3. The van der Waals surface area contributed by atoms with Gasteiger partial charge in [0, 0.05) is 5.02 Å². The van der Waals surface area contributed by atoms with E-state index in [0.717, 1.165) is 17.5 Å². The Labute approximate surface area is 111 Å². The third kappa shape index (κ3) is 2.89. The molecule has 0 aliphatic carbocycles. The van der Waals surface area contributed by atoms with Crippen LogP contribution < -0.4 is 0 Å². The van der Waals surface area contributed by atoms with Gasteiger partial charge in [0.05, 0.1) is 0 Å². The molecule has 1 unspecified atom stereocenters. The number of halogens is 2. The second kappa shape index (κ2) is 5.51. The number of aryl methyl sites for hydroxylation is 1. The van der Waals surface area contributed by atoms with Gasteiger partial charge in [-0.15, -0.1) is 0 Å². The topological polar surface area (TPSA) is 20.2 Å². The van der Waals surface area contributed by atoms with Crippen LogP contribution in [0.15, 0.2) is 42.5 Å². The minimum atomic E-state index is -0.857. The lowest BCUT2D eigenvalue weighted by atomic mass is 9.99. The third-order valence-electron chi connectivity index (χ3n) is 2.88. The summed E-state index contributed by atoms with van der Waals surface area (Å²) in [6.45, 7) is 2.05. The van der Waals surface area contributed by atoms with Crippen LogP contribution in [0.25, 0.3) is 0 Å². The van der Waals surface area contributed by atoms with Crippen LogP contribution in [0.1, 0.15) is 29.7 Å². The first-order valence-corrected chi connectivity index (χ1v) is 6.21. The monoisotopic (exact) mass is 264 g/mol. The van der Waals surface area contributed by atoms with E-state index in [1.807, 2.05) is 31.2 Å². The number of aliphatic hydroxyl groups excluding tert-OH is 1. The molecule has 94 valence electrons. The highest BCUT2D eigenvalue weighted by Crippen LogP contribution is 2.26. The Morgan fingerprint density at radius 3 is 2.61 bits per heavy atom. The lowest BCUT2D eigenvalue weighted by Crippen LogP contribution is -2.01. The molecular weight excluding hydrogens is 251 g/mol. The van der Waals surface area contributed by atoms with Crippen molar-refractivity contribution in [2.24, 2.45) is 0 Å². The lowest BCUT2D eigenvalue weighted by molar-refractivity contribution is 0.219. The lowest BCUT2D eigenvalue weighted by Gasteiger charge is -2.13. The highest BCUT2D eigenvalue weighted by molar-refractivity contribution is 6.30. The molecule has 2 rings (SSSR count). The molecule has 0 aliphatic heterocycles. The number of rotatable bonds is 3. The van der Waals surface area contributed by atoms with Gasteiger partial charge in [-0.05, 0) is 41.3 Å².